The van der Waals surface area contributed by atoms with E-state index in [4.69, 9.17) is 10.5 Å². The molecule has 3 heterocycles. The van der Waals surface area contributed by atoms with Crippen molar-refractivity contribution in [1.29, 1.82) is 0 Å². The zero-order valence-corrected chi connectivity index (χ0v) is 12.6. The van der Waals surface area contributed by atoms with Crippen molar-refractivity contribution < 1.29 is 19.4 Å². The van der Waals surface area contributed by atoms with Crippen LogP contribution in [-0.2, 0) is 9.53 Å². The molecule has 1 aliphatic rings. The summed E-state index contributed by atoms with van der Waals surface area (Å²) >= 11 is 0. The van der Waals surface area contributed by atoms with Gasteiger partial charge in [0.2, 0.25) is 5.95 Å². The average Bonchev–Trinajstić information content (AvgIpc) is 2.93. The van der Waals surface area contributed by atoms with Gasteiger partial charge in [-0.2, -0.15) is 4.98 Å². The normalized spacial score (nSPS) is 15.8. The van der Waals surface area contributed by atoms with Crippen molar-refractivity contribution in [2.75, 3.05) is 30.8 Å². The molecule has 3 rings (SSSR count). The molecule has 122 valence electrons. The Hall–Kier alpha value is -2.84. The number of ether oxygens (including phenoxy) is 1. The molecule has 1 aliphatic heterocycles. The van der Waals surface area contributed by atoms with Crippen molar-refractivity contribution in [3.8, 4) is 0 Å². The van der Waals surface area contributed by atoms with Crippen LogP contribution in [-0.4, -0.2) is 51.8 Å². The molecule has 0 unspecified atom stereocenters. The molecule has 0 spiro atoms. The highest BCUT2D eigenvalue weighted by atomic mass is 16.5. The first kappa shape index (κ1) is 15.1. The summed E-state index contributed by atoms with van der Waals surface area (Å²) in [4.78, 5) is 29.2. The van der Waals surface area contributed by atoms with Crippen molar-refractivity contribution in [2.45, 2.75) is 12.8 Å². The molecule has 0 saturated carbocycles. The Labute approximate surface area is 131 Å². The molecule has 1 saturated heterocycles. The number of anilines is 2. The topological polar surface area (TPSA) is 123 Å². The van der Waals surface area contributed by atoms with Crippen molar-refractivity contribution in [1.82, 2.24) is 14.6 Å². The highest BCUT2D eigenvalue weighted by Gasteiger charge is 2.28. The number of nitrogen functional groups attached to an aromatic ring is 1. The van der Waals surface area contributed by atoms with E-state index in [-0.39, 0.29) is 23.5 Å². The number of hydrogen-bond donors (Lipinski definition) is 2. The van der Waals surface area contributed by atoms with Gasteiger partial charge in [-0.15, -0.1) is 5.10 Å². The molecule has 0 aliphatic carbocycles. The van der Waals surface area contributed by atoms with Crippen LogP contribution in [0.25, 0.3) is 5.65 Å². The van der Waals surface area contributed by atoms with Crippen LogP contribution in [0.1, 0.15) is 23.3 Å². The predicted molar refractivity (Wildman–Crippen MR) is 81.3 cm³/mol. The van der Waals surface area contributed by atoms with Gasteiger partial charge < -0.3 is 20.5 Å². The van der Waals surface area contributed by atoms with Gasteiger partial charge in [0.05, 0.1) is 18.7 Å². The Morgan fingerprint density at radius 2 is 2.04 bits per heavy atom. The second-order valence-electron chi connectivity index (χ2n) is 5.40. The van der Waals surface area contributed by atoms with Crippen molar-refractivity contribution in [3.63, 3.8) is 0 Å². The van der Waals surface area contributed by atoms with Gasteiger partial charge in [-0.25, -0.2) is 9.31 Å². The van der Waals surface area contributed by atoms with Crippen LogP contribution in [0.5, 0.6) is 0 Å². The maximum absolute atomic E-state index is 11.7. The van der Waals surface area contributed by atoms with Crippen LogP contribution in [0.15, 0.2) is 12.1 Å². The number of carbonyl (C=O) groups excluding carboxylic acids is 1. The lowest BCUT2D eigenvalue weighted by atomic mass is 9.96. The summed E-state index contributed by atoms with van der Waals surface area (Å²) in [5.41, 5.74) is 6.49. The molecule has 2 aromatic heterocycles. The zero-order valence-electron chi connectivity index (χ0n) is 12.6. The first-order valence-corrected chi connectivity index (χ1v) is 7.22. The van der Waals surface area contributed by atoms with Gasteiger partial charge in [0.1, 0.15) is 0 Å². The Morgan fingerprint density at radius 1 is 1.35 bits per heavy atom. The lowest BCUT2D eigenvalue weighted by Crippen LogP contribution is -2.37. The third kappa shape index (κ3) is 2.65. The van der Waals surface area contributed by atoms with Crippen LogP contribution in [0, 0.1) is 5.92 Å². The second-order valence-corrected chi connectivity index (χ2v) is 5.40. The third-order valence-electron chi connectivity index (χ3n) is 4.07. The number of methoxy groups -OCH3 is 1. The molecule has 0 bridgehead atoms. The van der Waals surface area contributed by atoms with Gasteiger partial charge in [-0.05, 0) is 25.0 Å². The predicted octanol–water partition coefficient (Wildman–Crippen LogP) is 0.399. The SMILES string of the molecule is COC(=O)C1CCN(c2ccc3nc(N)nn3c2C(=O)O)CC1. The largest absolute Gasteiger partial charge is 0.476 e. The summed E-state index contributed by atoms with van der Waals surface area (Å²) < 4.78 is 6.00. The number of nitrogens with two attached hydrogens (primary N) is 1. The van der Waals surface area contributed by atoms with Crippen molar-refractivity contribution in [3.05, 3.63) is 17.8 Å². The number of hydrogen-bond acceptors (Lipinski definition) is 7. The van der Waals surface area contributed by atoms with E-state index in [0.717, 1.165) is 0 Å². The molecule has 0 atom stereocenters. The quantitative estimate of drug-likeness (QED) is 0.779. The summed E-state index contributed by atoms with van der Waals surface area (Å²) in [5, 5.41) is 13.5. The molecule has 9 heteroatoms. The van der Waals surface area contributed by atoms with Crippen LogP contribution >= 0.6 is 0 Å². The number of fused-ring (bicyclic) bond motifs is 1. The highest BCUT2D eigenvalue weighted by molar-refractivity contribution is 5.93. The molecule has 2 aromatic rings. The number of pyridine rings is 1. The zero-order chi connectivity index (χ0) is 16.6. The minimum absolute atomic E-state index is 0.0169. The number of rotatable bonds is 3. The van der Waals surface area contributed by atoms with Crippen LogP contribution < -0.4 is 10.6 Å². The van der Waals surface area contributed by atoms with E-state index in [2.05, 4.69) is 10.1 Å². The molecule has 23 heavy (non-hydrogen) atoms. The van der Waals surface area contributed by atoms with Crippen molar-refractivity contribution in [2.24, 2.45) is 5.92 Å². The first-order chi connectivity index (χ1) is 11.0. The lowest BCUT2D eigenvalue weighted by molar-refractivity contribution is -0.146. The minimum Gasteiger partial charge on any atom is -0.476 e. The van der Waals surface area contributed by atoms with E-state index in [1.165, 1.54) is 11.6 Å². The van der Waals surface area contributed by atoms with Gasteiger partial charge >= 0.3 is 11.9 Å². The Balaban J connectivity index is 1.93. The van der Waals surface area contributed by atoms with Gasteiger partial charge in [0.15, 0.2) is 11.3 Å². The van der Waals surface area contributed by atoms with Crippen LogP contribution in [0.4, 0.5) is 11.6 Å². The summed E-state index contributed by atoms with van der Waals surface area (Å²) in [6, 6.07) is 3.38. The van der Waals surface area contributed by atoms with Gasteiger partial charge in [-0.1, -0.05) is 0 Å². The number of esters is 1. The number of piperidine rings is 1. The second kappa shape index (κ2) is 5.75. The van der Waals surface area contributed by atoms with Crippen LogP contribution in [0.3, 0.4) is 0 Å². The monoisotopic (exact) mass is 319 g/mol. The molecule has 0 amide bonds. The third-order valence-corrected chi connectivity index (χ3v) is 4.07. The first-order valence-electron chi connectivity index (χ1n) is 7.22. The van der Waals surface area contributed by atoms with E-state index >= 15 is 0 Å². The fourth-order valence-electron chi connectivity index (χ4n) is 2.93. The molecule has 0 aromatic carbocycles. The van der Waals surface area contributed by atoms with E-state index in [1.807, 2.05) is 4.90 Å². The fourth-order valence-corrected chi connectivity index (χ4v) is 2.93. The average molecular weight is 319 g/mol. The highest BCUT2D eigenvalue weighted by Crippen LogP contribution is 2.27. The number of nitrogens with zero attached hydrogens (tertiary/aromatic N) is 4. The summed E-state index contributed by atoms with van der Waals surface area (Å²) in [5.74, 6) is -1.45. The Kier molecular flexibility index (Phi) is 3.77. The van der Waals surface area contributed by atoms with Crippen molar-refractivity contribution >= 4 is 29.2 Å². The van der Waals surface area contributed by atoms with Gasteiger partial charge in [0.25, 0.3) is 0 Å². The molecule has 9 nitrogen and oxygen atoms in total. The van der Waals surface area contributed by atoms with E-state index in [0.29, 0.717) is 37.3 Å². The maximum Gasteiger partial charge on any atom is 0.356 e. The van der Waals surface area contributed by atoms with Crippen LogP contribution in [0.2, 0.25) is 0 Å². The number of carboxylic acid groups (broad SMARTS) is 1. The molecule has 3 N–H and O–H groups in total. The summed E-state index contributed by atoms with van der Waals surface area (Å²) in [6.45, 7) is 1.13. The van der Waals surface area contributed by atoms with Gasteiger partial charge in [-0.3, -0.25) is 4.79 Å². The maximum atomic E-state index is 11.7. The molecule has 0 radical (unpaired) electrons. The van der Waals surface area contributed by atoms with Gasteiger partial charge in [0, 0.05) is 13.1 Å². The number of aromatic nitrogens is 3. The number of carboxylic acids is 1. The Morgan fingerprint density at radius 3 is 2.65 bits per heavy atom. The van der Waals surface area contributed by atoms with E-state index < -0.39 is 5.97 Å². The van der Waals surface area contributed by atoms with E-state index in [9.17, 15) is 14.7 Å². The lowest BCUT2D eigenvalue weighted by Gasteiger charge is -2.33. The summed E-state index contributed by atoms with van der Waals surface area (Å²) in [7, 11) is 1.38. The number of carbonyl (C=O) groups is 2. The smallest absolute Gasteiger partial charge is 0.356 e. The van der Waals surface area contributed by atoms with E-state index in [1.54, 1.807) is 12.1 Å². The minimum atomic E-state index is -1.11. The molecular formula is C14H17N5O4. The number of aromatic carboxylic acids is 1. The Bertz CT molecular complexity index is 764. The fraction of sp³-hybridized carbons (Fsp3) is 0.429. The standard InChI is InChI=1S/C14H17N5O4/c1-23-13(22)8-4-6-18(7-5-8)9-2-3-10-16-14(15)17-19(10)11(9)12(20)21/h2-3,8H,4-7H2,1H3,(H2,15,17)(H,20,21). The molecular weight excluding hydrogens is 302 g/mol. The molecule has 1 fully saturated rings. The summed E-state index contributed by atoms with van der Waals surface area (Å²) in [6.07, 6.45) is 1.23.